The predicted molar refractivity (Wildman–Crippen MR) is 81.8 cm³/mol. The van der Waals surface area contributed by atoms with Crippen LogP contribution in [0, 0.1) is 5.92 Å². The number of halogens is 1. The molecule has 6 nitrogen and oxygen atoms in total. The van der Waals surface area contributed by atoms with Crippen molar-refractivity contribution in [3.63, 3.8) is 0 Å². The Hall–Kier alpha value is -1.47. The Labute approximate surface area is 129 Å². The zero-order valence-corrected chi connectivity index (χ0v) is 13.6. The molecule has 0 amide bonds. The van der Waals surface area contributed by atoms with E-state index in [-0.39, 0.29) is 33.7 Å². The summed E-state index contributed by atoms with van der Waals surface area (Å²) >= 11 is 5.93. The number of ether oxygens (including phenoxy) is 1. The van der Waals surface area contributed by atoms with Gasteiger partial charge >= 0.3 is 5.97 Å². The molecule has 0 radical (unpaired) electrons. The van der Waals surface area contributed by atoms with Gasteiger partial charge < -0.3 is 9.84 Å². The zero-order valence-electron chi connectivity index (χ0n) is 12.0. The second-order valence-electron chi connectivity index (χ2n) is 4.94. The van der Waals surface area contributed by atoms with Crippen molar-refractivity contribution in [2.45, 2.75) is 20.3 Å². The lowest BCUT2D eigenvalue weighted by Crippen LogP contribution is -2.18. The monoisotopic (exact) mass is 335 g/mol. The molecule has 0 aromatic heterocycles. The van der Waals surface area contributed by atoms with Crippen molar-refractivity contribution in [3.8, 4) is 5.75 Å². The first kappa shape index (κ1) is 17.6. The highest BCUT2D eigenvalue weighted by atomic mass is 35.5. The molecule has 0 spiro atoms. The van der Waals surface area contributed by atoms with Crippen molar-refractivity contribution in [3.05, 3.63) is 22.7 Å². The number of hydrogen-bond donors (Lipinski definition) is 2. The molecule has 0 atom stereocenters. The Morgan fingerprint density at radius 2 is 2.05 bits per heavy atom. The molecule has 1 aromatic rings. The minimum Gasteiger partial charge on any atom is -0.496 e. The highest BCUT2D eigenvalue weighted by molar-refractivity contribution is 7.92. The lowest BCUT2D eigenvalue weighted by atomic mass is 10.2. The fraction of sp³-hybridized carbons (Fsp3) is 0.462. The number of carbonyl (C=O) groups is 1. The first-order valence-electron chi connectivity index (χ1n) is 6.27. The second-order valence-corrected chi connectivity index (χ2v) is 7.19. The summed E-state index contributed by atoms with van der Waals surface area (Å²) in [6, 6.07) is 2.42. The van der Waals surface area contributed by atoms with Crippen LogP contribution in [0.1, 0.15) is 30.6 Å². The van der Waals surface area contributed by atoms with Gasteiger partial charge in [-0.2, -0.15) is 0 Å². The van der Waals surface area contributed by atoms with Crippen LogP contribution in [0.4, 0.5) is 5.69 Å². The minimum absolute atomic E-state index is 0.00122. The van der Waals surface area contributed by atoms with E-state index in [0.717, 1.165) is 6.07 Å². The van der Waals surface area contributed by atoms with E-state index in [1.807, 2.05) is 13.8 Å². The van der Waals surface area contributed by atoms with E-state index >= 15 is 0 Å². The molecule has 0 aliphatic rings. The van der Waals surface area contributed by atoms with Gasteiger partial charge in [0, 0.05) is 6.07 Å². The molecule has 8 heteroatoms. The number of carboxylic acids is 1. The van der Waals surface area contributed by atoms with Gasteiger partial charge in [0.2, 0.25) is 10.0 Å². The summed E-state index contributed by atoms with van der Waals surface area (Å²) < 4.78 is 31.2. The number of nitrogens with one attached hydrogen (secondary N) is 1. The predicted octanol–water partition coefficient (Wildman–Crippen LogP) is 2.83. The maximum Gasteiger partial charge on any atom is 0.339 e. The third kappa shape index (κ3) is 5.09. The van der Waals surface area contributed by atoms with E-state index in [9.17, 15) is 13.2 Å². The van der Waals surface area contributed by atoms with Crippen molar-refractivity contribution in [1.82, 2.24) is 0 Å². The molecule has 1 rings (SSSR count). The highest BCUT2D eigenvalue weighted by Gasteiger charge is 2.18. The quantitative estimate of drug-likeness (QED) is 0.799. The number of carboxylic acid groups (broad SMARTS) is 1. The third-order valence-corrected chi connectivity index (χ3v) is 4.37. The topological polar surface area (TPSA) is 92.7 Å². The number of methoxy groups -OCH3 is 1. The maximum absolute atomic E-state index is 11.9. The average molecular weight is 336 g/mol. The van der Waals surface area contributed by atoms with Gasteiger partial charge in [-0.1, -0.05) is 25.4 Å². The number of benzene rings is 1. The van der Waals surface area contributed by atoms with Crippen LogP contribution in [0.15, 0.2) is 12.1 Å². The SMILES string of the molecule is COc1cc(NS(=O)(=O)CCC(C)C)c(Cl)cc1C(=O)O. The summed E-state index contributed by atoms with van der Waals surface area (Å²) in [5.74, 6) is -0.957. The van der Waals surface area contributed by atoms with Gasteiger partial charge in [-0.25, -0.2) is 13.2 Å². The lowest BCUT2D eigenvalue weighted by molar-refractivity contribution is 0.0693. The fourth-order valence-electron chi connectivity index (χ4n) is 1.58. The van der Waals surface area contributed by atoms with E-state index in [4.69, 9.17) is 21.4 Å². The smallest absolute Gasteiger partial charge is 0.339 e. The van der Waals surface area contributed by atoms with Gasteiger partial charge in [0.25, 0.3) is 0 Å². The van der Waals surface area contributed by atoms with Crippen LogP contribution in [0.2, 0.25) is 5.02 Å². The number of aromatic carboxylic acids is 1. The van der Waals surface area contributed by atoms with Gasteiger partial charge in [-0.3, -0.25) is 4.72 Å². The number of hydrogen-bond acceptors (Lipinski definition) is 4. The first-order valence-corrected chi connectivity index (χ1v) is 8.30. The van der Waals surface area contributed by atoms with Crippen molar-refractivity contribution >= 4 is 33.3 Å². The highest BCUT2D eigenvalue weighted by Crippen LogP contribution is 2.31. The van der Waals surface area contributed by atoms with Crippen LogP contribution < -0.4 is 9.46 Å². The standard InChI is InChI=1S/C13H18ClNO5S/c1-8(2)4-5-21(18,19)15-11-7-12(20-3)9(13(16)17)6-10(11)14/h6-8,15H,4-5H2,1-3H3,(H,16,17). The van der Waals surface area contributed by atoms with Crippen LogP contribution in [0.5, 0.6) is 5.75 Å². The van der Waals surface area contributed by atoms with Crippen LogP contribution in [0.25, 0.3) is 0 Å². The van der Waals surface area contributed by atoms with Crippen molar-refractivity contribution in [2.24, 2.45) is 5.92 Å². The lowest BCUT2D eigenvalue weighted by Gasteiger charge is -2.13. The van der Waals surface area contributed by atoms with E-state index < -0.39 is 16.0 Å². The van der Waals surface area contributed by atoms with E-state index in [1.165, 1.54) is 13.2 Å². The molecule has 0 heterocycles. The van der Waals surface area contributed by atoms with Crippen molar-refractivity contribution in [1.29, 1.82) is 0 Å². The average Bonchev–Trinajstić information content (AvgIpc) is 2.38. The molecular formula is C13H18ClNO5S. The minimum atomic E-state index is -3.55. The van der Waals surface area contributed by atoms with E-state index in [1.54, 1.807) is 0 Å². The van der Waals surface area contributed by atoms with Crippen LogP contribution >= 0.6 is 11.6 Å². The molecule has 0 aliphatic heterocycles. The molecule has 118 valence electrons. The molecule has 0 saturated heterocycles. The number of rotatable bonds is 7. The van der Waals surface area contributed by atoms with Crippen molar-refractivity contribution < 1.29 is 23.1 Å². The maximum atomic E-state index is 11.9. The first-order chi connectivity index (χ1) is 9.66. The Morgan fingerprint density at radius 1 is 1.43 bits per heavy atom. The molecule has 0 aliphatic carbocycles. The Kier molecular flexibility index (Phi) is 5.86. The van der Waals surface area contributed by atoms with Gasteiger partial charge in [0.05, 0.1) is 23.6 Å². The Balaban J connectivity index is 3.06. The van der Waals surface area contributed by atoms with Gasteiger partial charge in [-0.05, 0) is 18.4 Å². The van der Waals surface area contributed by atoms with Gasteiger partial charge in [0.1, 0.15) is 11.3 Å². The molecule has 0 unspecified atom stereocenters. The third-order valence-electron chi connectivity index (χ3n) is 2.75. The molecule has 1 aromatic carbocycles. The molecule has 0 bridgehead atoms. The summed E-state index contributed by atoms with van der Waals surface area (Å²) in [4.78, 5) is 11.0. The van der Waals surface area contributed by atoms with Gasteiger partial charge in [-0.15, -0.1) is 0 Å². The fourth-order valence-corrected chi connectivity index (χ4v) is 3.23. The van der Waals surface area contributed by atoms with E-state index in [2.05, 4.69) is 4.72 Å². The van der Waals surface area contributed by atoms with Crippen LogP contribution in [0.3, 0.4) is 0 Å². The Bertz CT molecular complexity index is 628. The van der Waals surface area contributed by atoms with Crippen LogP contribution in [-0.2, 0) is 10.0 Å². The molecule has 0 saturated carbocycles. The summed E-state index contributed by atoms with van der Waals surface area (Å²) in [6.45, 7) is 3.85. The second kappa shape index (κ2) is 7.00. The zero-order chi connectivity index (χ0) is 16.2. The number of anilines is 1. The van der Waals surface area contributed by atoms with Gasteiger partial charge in [0.15, 0.2) is 0 Å². The molecule has 21 heavy (non-hydrogen) atoms. The number of sulfonamides is 1. The summed E-state index contributed by atoms with van der Waals surface area (Å²) in [7, 11) is -2.25. The van der Waals surface area contributed by atoms with E-state index in [0.29, 0.717) is 6.42 Å². The molecule has 0 fully saturated rings. The summed E-state index contributed by atoms with van der Waals surface area (Å²) in [6.07, 6.45) is 0.511. The largest absolute Gasteiger partial charge is 0.496 e. The Morgan fingerprint density at radius 3 is 2.52 bits per heavy atom. The van der Waals surface area contributed by atoms with Crippen LogP contribution in [-0.4, -0.2) is 32.4 Å². The molecular weight excluding hydrogens is 318 g/mol. The normalized spacial score (nSPS) is 11.5. The summed E-state index contributed by atoms with van der Waals surface area (Å²) in [5.41, 5.74) is -0.0325. The molecule has 2 N–H and O–H groups in total. The summed E-state index contributed by atoms with van der Waals surface area (Å²) in [5, 5.41) is 9.01. The van der Waals surface area contributed by atoms with Crippen molar-refractivity contribution in [2.75, 3.05) is 17.6 Å².